The molecule has 0 aromatic heterocycles. The molecule has 2 atom stereocenters. The first-order chi connectivity index (χ1) is 5.02. The van der Waals surface area contributed by atoms with Gasteiger partial charge < -0.3 is 10.8 Å². The van der Waals surface area contributed by atoms with Gasteiger partial charge in [-0.05, 0) is 31.6 Å². The van der Waals surface area contributed by atoms with Gasteiger partial charge >= 0.3 is 0 Å². The van der Waals surface area contributed by atoms with E-state index in [9.17, 15) is 5.11 Å². The molecule has 0 radical (unpaired) electrons. The Morgan fingerprint density at radius 2 is 2.27 bits per heavy atom. The zero-order valence-corrected chi connectivity index (χ0v) is 7.51. The fourth-order valence-electron chi connectivity index (χ4n) is 2.09. The fourth-order valence-corrected chi connectivity index (χ4v) is 2.09. The van der Waals surface area contributed by atoms with Crippen LogP contribution in [-0.2, 0) is 0 Å². The Hall–Kier alpha value is -0.0800. The first-order valence-electron chi connectivity index (χ1n) is 4.50. The van der Waals surface area contributed by atoms with E-state index in [1.54, 1.807) is 0 Å². The van der Waals surface area contributed by atoms with Gasteiger partial charge in [0.1, 0.15) is 0 Å². The molecule has 0 heterocycles. The van der Waals surface area contributed by atoms with Gasteiger partial charge in [-0.3, -0.25) is 0 Å². The van der Waals surface area contributed by atoms with Crippen molar-refractivity contribution >= 4 is 0 Å². The molecule has 11 heavy (non-hydrogen) atoms. The molecule has 1 fully saturated rings. The van der Waals surface area contributed by atoms with Crippen molar-refractivity contribution in [3.63, 3.8) is 0 Å². The highest BCUT2D eigenvalue weighted by Gasteiger charge is 2.35. The molecule has 0 bridgehead atoms. The molecule has 1 saturated carbocycles. The highest BCUT2D eigenvalue weighted by atomic mass is 16.3. The third kappa shape index (κ3) is 2.46. The predicted octanol–water partition coefficient (Wildman–Crippen LogP) is 1.27. The summed E-state index contributed by atoms with van der Waals surface area (Å²) < 4.78 is 0. The van der Waals surface area contributed by atoms with Gasteiger partial charge in [0, 0.05) is 6.04 Å². The van der Waals surface area contributed by atoms with Crippen LogP contribution in [0, 0.1) is 5.92 Å². The van der Waals surface area contributed by atoms with Crippen LogP contribution in [0.15, 0.2) is 0 Å². The SMILES string of the molecule is CC(C)CC1(O)CCC(N)C1. The van der Waals surface area contributed by atoms with Gasteiger partial charge in [0.15, 0.2) is 0 Å². The first-order valence-corrected chi connectivity index (χ1v) is 4.50. The van der Waals surface area contributed by atoms with Crippen molar-refractivity contribution in [2.75, 3.05) is 0 Å². The highest BCUT2D eigenvalue weighted by molar-refractivity contribution is 4.91. The largest absolute Gasteiger partial charge is 0.390 e. The van der Waals surface area contributed by atoms with Gasteiger partial charge in [-0.15, -0.1) is 0 Å². The average molecular weight is 157 g/mol. The Labute approximate surface area is 68.8 Å². The van der Waals surface area contributed by atoms with Crippen LogP contribution < -0.4 is 5.73 Å². The summed E-state index contributed by atoms with van der Waals surface area (Å²) >= 11 is 0. The molecule has 1 rings (SSSR count). The standard InChI is InChI=1S/C9H19NO/c1-7(2)5-9(11)4-3-8(10)6-9/h7-8,11H,3-6,10H2,1-2H3. The zero-order chi connectivity index (χ0) is 8.48. The minimum atomic E-state index is -0.437. The second-order valence-corrected chi connectivity index (χ2v) is 4.33. The monoisotopic (exact) mass is 157 g/mol. The molecule has 3 N–H and O–H groups in total. The van der Waals surface area contributed by atoms with E-state index in [2.05, 4.69) is 13.8 Å². The molecule has 2 heteroatoms. The van der Waals surface area contributed by atoms with E-state index in [1.165, 1.54) is 0 Å². The Morgan fingerprint density at radius 1 is 1.64 bits per heavy atom. The second kappa shape index (κ2) is 3.11. The van der Waals surface area contributed by atoms with Crippen molar-refractivity contribution < 1.29 is 5.11 Å². The maximum absolute atomic E-state index is 9.95. The number of hydrogen-bond donors (Lipinski definition) is 2. The molecule has 0 aliphatic heterocycles. The van der Waals surface area contributed by atoms with Crippen LogP contribution in [0.25, 0.3) is 0 Å². The van der Waals surface area contributed by atoms with Crippen LogP contribution in [0.2, 0.25) is 0 Å². The average Bonchev–Trinajstić information content (AvgIpc) is 2.08. The minimum Gasteiger partial charge on any atom is -0.390 e. The molecule has 0 saturated heterocycles. The normalized spacial score (nSPS) is 38.5. The lowest BCUT2D eigenvalue weighted by Crippen LogP contribution is -2.29. The van der Waals surface area contributed by atoms with Gasteiger partial charge in [-0.1, -0.05) is 13.8 Å². The molecule has 0 amide bonds. The van der Waals surface area contributed by atoms with Crippen molar-refractivity contribution in [1.29, 1.82) is 0 Å². The summed E-state index contributed by atoms with van der Waals surface area (Å²) in [5.74, 6) is 0.574. The Morgan fingerprint density at radius 3 is 2.64 bits per heavy atom. The molecule has 66 valence electrons. The number of nitrogens with two attached hydrogens (primary N) is 1. The molecule has 0 spiro atoms. The zero-order valence-electron chi connectivity index (χ0n) is 7.51. The summed E-state index contributed by atoms with van der Waals surface area (Å²) in [6.07, 6.45) is 3.58. The van der Waals surface area contributed by atoms with E-state index < -0.39 is 5.60 Å². The van der Waals surface area contributed by atoms with E-state index >= 15 is 0 Å². The van der Waals surface area contributed by atoms with Crippen LogP contribution in [0.5, 0.6) is 0 Å². The van der Waals surface area contributed by atoms with Crippen LogP contribution in [0.3, 0.4) is 0 Å². The van der Waals surface area contributed by atoms with Gasteiger partial charge in [0.05, 0.1) is 5.60 Å². The predicted molar refractivity (Wildman–Crippen MR) is 46.2 cm³/mol. The molecule has 0 aromatic carbocycles. The Balaban J connectivity index is 2.42. The molecule has 0 aromatic rings. The second-order valence-electron chi connectivity index (χ2n) is 4.33. The number of rotatable bonds is 2. The lowest BCUT2D eigenvalue weighted by atomic mass is 9.91. The number of hydrogen-bond acceptors (Lipinski definition) is 2. The maximum Gasteiger partial charge on any atom is 0.0665 e. The maximum atomic E-state index is 9.95. The summed E-state index contributed by atoms with van der Waals surface area (Å²) in [6.45, 7) is 4.28. The summed E-state index contributed by atoms with van der Waals surface area (Å²) in [7, 11) is 0. The smallest absolute Gasteiger partial charge is 0.0665 e. The lowest BCUT2D eigenvalue weighted by Gasteiger charge is -2.24. The van der Waals surface area contributed by atoms with Crippen molar-refractivity contribution in [1.82, 2.24) is 0 Å². The van der Waals surface area contributed by atoms with E-state index in [1.807, 2.05) is 0 Å². The van der Waals surface area contributed by atoms with E-state index in [0.29, 0.717) is 5.92 Å². The van der Waals surface area contributed by atoms with E-state index in [0.717, 1.165) is 25.7 Å². The van der Waals surface area contributed by atoms with Crippen LogP contribution in [0.1, 0.15) is 39.5 Å². The highest BCUT2D eigenvalue weighted by Crippen LogP contribution is 2.33. The van der Waals surface area contributed by atoms with Crippen molar-refractivity contribution in [2.24, 2.45) is 11.7 Å². The van der Waals surface area contributed by atoms with Gasteiger partial charge in [-0.25, -0.2) is 0 Å². The number of aliphatic hydroxyl groups is 1. The van der Waals surface area contributed by atoms with E-state index in [-0.39, 0.29) is 6.04 Å². The van der Waals surface area contributed by atoms with Crippen LogP contribution in [0.4, 0.5) is 0 Å². The van der Waals surface area contributed by atoms with Crippen molar-refractivity contribution in [2.45, 2.75) is 51.2 Å². The summed E-state index contributed by atoms with van der Waals surface area (Å²) in [5.41, 5.74) is 5.29. The van der Waals surface area contributed by atoms with E-state index in [4.69, 9.17) is 5.73 Å². The molecule has 2 nitrogen and oxygen atoms in total. The topological polar surface area (TPSA) is 46.2 Å². The Bertz CT molecular complexity index is 136. The third-order valence-electron chi connectivity index (χ3n) is 2.41. The van der Waals surface area contributed by atoms with Gasteiger partial charge in [0.2, 0.25) is 0 Å². The third-order valence-corrected chi connectivity index (χ3v) is 2.41. The Kier molecular flexibility index (Phi) is 2.55. The lowest BCUT2D eigenvalue weighted by molar-refractivity contribution is 0.0256. The summed E-state index contributed by atoms with van der Waals surface area (Å²) in [5, 5.41) is 9.95. The van der Waals surface area contributed by atoms with Gasteiger partial charge in [-0.2, -0.15) is 0 Å². The van der Waals surface area contributed by atoms with Crippen molar-refractivity contribution in [3.05, 3.63) is 0 Å². The molecule has 2 unspecified atom stereocenters. The first kappa shape index (κ1) is 9.01. The van der Waals surface area contributed by atoms with Crippen molar-refractivity contribution in [3.8, 4) is 0 Å². The molecule has 1 aliphatic carbocycles. The fraction of sp³-hybridized carbons (Fsp3) is 1.00. The van der Waals surface area contributed by atoms with Gasteiger partial charge in [0.25, 0.3) is 0 Å². The molecule has 1 aliphatic rings. The quantitative estimate of drug-likeness (QED) is 0.634. The van der Waals surface area contributed by atoms with Crippen LogP contribution in [-0.4, -0.2) is 16.7 Å². The summed E-state index contributed by atoms with van der Waals surface area (Å²) in [6, 6.07) is 0.235. The molecular formula is C9H19NO. The molecular weight excluding hydrogens is 138 g/mol. The van der Waals surface area contributed by atoms with Crippen LogP contribution >= 0.6 is 0 Å². The minimum absolute atomic E-state index is 0.235. The summed E-state index contributed by atoms with van der Waals surface area (Å²) in [4.78, 5) is 0.